The molecule has 4 aromatic heterocycles. The van der Waals surface area contributed by atoms with E-state index in [0.29, 0.717) is 39.1 Å². The van der Waals surface area contributed by atoms with E-state index in [2.05, 4.69) is 10.3 Å². The Morgan fingerprint density at radius 1 is 0.976 bits per heavy atom. The van der Waals surface area contributed by atoms with E-state index in [0.717, 1.165) is 27.9 Å². The average Bonchev–Trinajstić information content (AvgIpc) is 3.76. The number of amides is 1. The Balaban J connectivity index is 1.44. The lowest BCUT2D eigenvalue weighted by Crippen LogP contribution is -2.41. The molecule has 1 fully saturated rings. The van der Waals surface area contributed by atoms with Crippen LogP contribution in [0.1, 0.15) is 42.7 Å². The number of hydrogen-bond acceptors (Lipinski definition) is 6. The van der Waals surface area contributed by atoms with E-state index in [-0.39, 0.29) is 17.0 Å². The van der Waals surface area contributed by atoms with Gasteiger partial charge in [-0.2, -0.15) is 0 Å². The summed E-state index contributed by atoms with van der Waals surface area (Å²) < 4.78 is 3.54. The maximum absolute atomic E-state index is 13.2. The van der Waals surface area contributed by atoms with Crippen LogP contribution in [0.5, 0.6) is 0 Å². The largest absolute Gasteiger partial charge is 0.379 e. The molecule has 1 aliphatic carbocycles. The van der Waals surface area contributed by atoms with Crippen LogP contribution in [0.25, 0.3) is 39.0 Å². The molecule has 1 aromatic carbocycles. The number of aromatic nitrogens is 4. The van der Waals surface area contributed by atoms with Gasteiger partial charge < -0.3 is 15.0 Å². The van der Waals surface area contributed by atoms with Gasteiger partial charge >= 0.3 is 0 Å². The van der Waals surface area contributed by atoms with Crippen LogP contribution in [0, 0.1) is 0 Å². The molecule has 0 aliphatic heterocycles. The summed E-state index contributed by atoms with van der Waals surface area (Å²) in [7, 11) is 0. The van der Waals surface area contributed by atoms with Crippen molar-refractivity contribution in [2.24, 2.45) is 0 Å². The second-order valence-corrected chi connectivity index (χ2v) is 10.8. The first kappa shape index (κ1) is 26.1. The molecule has 1 saturated carbocycles. The highest BCUT2D eigenvalue weighted by atomic mass is 16.5. The van der Waals surface area contributed by atoms with E-state index in [1.165, 1.54) is 18.6 Å². The highest BCUT2D eigenvalue weighted by Crippen LogP contribution is 2.28. The summed E-state index contributed by atoms with van der Waals surface area (Å²) >= 11 is 0. The van der Waals surface area contributed by atoms with Gasteiger partial charge in [-0.15, -0.1) is 0 Å². The minimum absolute atomic E-state index is 0.0461. The van der Waals surface area contributed by atoms with Gasteiger partial charge in [0.1, 0.15) is 16.8 Å². The first-order valence-electron chi connectivity index (χ1n) is 13.2. The van der Waals surface area contributed by atoms with E-state index >= 15 is 0 Å². The van der Waals surface area contributed by atoms with Crippen LogP contribution in [-0.2, 0) is 5.60 Å². The predicted octanol–water partition coefficient (Wildman–Crippen LogP) is 2.89. The lowest BCUT2D eigenvalue weighted by Gasteiger charge is -2.14. The first-order valence-corrected chi connectivity index (χ1v) is 13.2. The number of pyridine rings is 4. The number of nitrogens with one attached hydrogen (secondary N) is 1. The summed E-state index contributed by atoms with van der Waals surface area (Å²) in [6.07, 6.45) is 9.47. The molecule has 10 heteroatoms. The van der Waals surface area contributed by atoms with Gasteiger partial charge in [-0.3, -0.25) is 20.0 Å². The lowest BCUT2D eigenvalue weighted by molar-refractivity contribution is -0.912. The third-order valence-corrected chi connectivity index (χ3v) is 7.12. The first-order chi connectivity index (χ1) is 19.6. The zero-order valence-corrected chi connectivity index (χ0v) is 22.5. The Kier molecular flexibility index (Phi) is 6.27. The highest BCUT2D eigenvalue weighted by Gasteiger charge is 2.29. The molecule has 0 atom stereocenters. The van der Waals surface area contributed by atoms with Crippen LogP contribution in [0.15, 0.2) is 90.4 Å². The number of aliphatic hydroxyl groups is 1. The van der Waals surface area contributed by atoms with Crippen molar-refractivity contribution in [3.8, 4) is 27.9 Å². The molecule has 10 nitrogen and oxygen atoms in total. The molecule has 6 rings (SSSR count). The van der Waals surface area contributed by atoms with Crippen molar-refractivity contribution < 1.29 is 29.8 Å². The fourth-order valence-corrected chi connectivity index (χ4v) is 4.87. The number of benzene rings is 1. The van der Waals surface area contributed by atoms with Crippen molar-refractivity contribution in [3.63, 3.8) is 0 Å². The quantitative estimate of drug-likeness (QED) is 0.190. The minimum atomic E-state index is -1.24. The normalized spacial score (nSPS) is 13.3. The SMILES string of the molecule is CC(C)(O)c1ccc(-c2cc(-c3cccc(-n4cc(C(=O)NC5CC5)c(=O)c5cccnc54)c3)c[n+](O)c2)c[n+]1O. The van der Waals surface area contributed by atoms with Gasteiger partial charge in [0.15, 0.2) is 0 Å². The second kappa shape index (κ2) is 9.83. The molecule has 4 heterocycles. The van der Waals surface area contributed by atoms with Gasteiger partial charge in [0.25, 0.3) is 11.6 Å². The van der Waals surface area contributed by atoms with E-state index in [1.54, 1.807) is 55.1 Å². The fraction of sp³-hybridized carbons (Fsp3) is 0.194. The van der Waals surface area contributed by atoms with Crippen LogP contribution in [0.3, 0.4) is 0 Å². The Labute approximate surface area is 235 Å². The monoisotopic (exact) mass is 551 g/mol. The summed E-state index contributed by atoms with van der Waals surface area (Å²) in [5, 5.41) is 34.5. The molecule has 1 aliphatic rings. The van der Waals surface area contributed by atoms with E-state index in [4.69, 9.17) is 0 Å². The van der Waals surface area contributed by atoms with Gasteiger partial charge in [-0.1, -0.05) is 12.1 Å². The maximum Gasteiger partial charge on any atom is 0.264 e. The van der Waals surface area contributed by atoms with Crippen molar-refractivity contribution in [1.29, 1.82) is 0 Å². The van der Waals surface area contributed by atoms with Crippen molar-refractivity contribution in [2.45, 2.75) is 38.3 Å². The van der Waals surface area contributed by atoms with Gasteiger partial charge in [0, 0.05) is 39.7 Å². The Morgan fingerprint density at radius 2 is 1.73 bits per heavy atom. The second-order valence-electron chi connectivity index (χ2n) is 10.8. The maximum atomic E-state index is 13.2. The molecule has 0 unspecified atom stereocenters. The third kappa shape index (κ3) is 5.12. The molecule has 5 aromatic rings. The Hall–Kier alpha value is -5.09. The number of rotatable bonds is 6. The fourth-order valence-electron chi connectivity index (χ4n) is 4.87. The van der Waals surface area contributed by atoms with Gasteiger partial charge in [0.2, 0.25) is 24.0 Å². The van der Waals surface area contributed by atoms with Crippen LogP contribution in [-0.4, -0.2) is 37.0 Å². The Morgan fingerprint density at radius 3 is 2.44 bits per heavy atom. The molecule has 0 spiro atoms. The summed E-state index contributed by atoms with van der Waals surface area (Å²) in [5.41, 5.74) is 2.50. The average molecular weight is 552 g/mol. The van der Waals surface area contributed by atoms with Crippen LogP contribution >= 0.6 is 0 Å². The highest BCUT2D eigenvalue weighted by molar-refractivity contribution is 5.97. The van der Waals surface area contributed by atoms with Crippen molar-refractivity contribution in [3.05, 3.63) is 107 Å². The predicted molar refractivity (Wildman–Crippen MR) is 149 cm³/mol. The van der Waals surface area contributed by atoms with E-state index in [1.807, 2.05) is 30.3 Å². The summed E-state index contributed by atoms with van der Waals surface area (Å²) in [5.74, 6) is -0.404. The molecule has 1 amide bonds. The number of fused-ring (bicyclic) bond motifs is 1. The van der Waals surface area contributed by atoms with E-state index < -0.39 is 11.5 Å². The summed E-state index contributed by atoms with van der Waals surface area (Å²) in [6.45, 7) is 3.15. The molecule has 0 bridgehead atoms. The molecular formula is C31H29N5O5+2. The molecule has 206 valence electrons. The number of nitrogens with zero attached hydrogens (tertiary/aromatic N) is 4. The minimum Gasteiger partial charge on any atom is -0.379 e. The summed E-state index contributed by atoms with van der Waals surface area (Å²) in [4.78, 5) is 30.5. The van der Waals surface area contributed by atoms with Gasteiger partial charge in [0.05, 0.1) is 22.1 Å². The van der Waals surface area contributed by atoms with Crippen molar-refractivity contribution in [2.75, 3.05) is 0 Å². The molecule has 0 radical (unpaired) electrons. The molecule has 4 N–H and O–H groups in total. The van der Waals surface area contributed by atoms with Crippen molar-refractivity contribution in [1.82, 2.24) is 14.9 Å². The van der Waals surface area contributed by atoms with Gasteiger partial charge in [-0.05, 0) is 68.7 Å². The van der Waals surface area contributed by atoms with E-state index in [9.17, 15) is 25.1 Å². The van der Waals surface area contributed by atoms with Crippen LogP contribution in [0.4, 0.5) is 0 Å². The third-order valence-electron chi connectivity index (χ3n) is 7.12. The van der Waals surface area contributed by atoms with Crippen molar-refractivity contribution >= 4 is 16.9 Å². The Bertz CT molecular complexity index is 1890. The topological polar surface area (TPSA) is 132 Å². The standard InChI is InChI=1S/C31H28N5O5/c1-31(2,39)27-11-8-20(17-36(27)41)22-13-21(15-34(40)16-22)19-5-3-6-24(14-19)35-18-26(30(38)33-23-9-10-23)28(37)25-7-4-12-32-29(25)35/h3-8,11-18,23,39H,9-10H2,1-2H3,(H2-,33,38,40,41)/q+1/p+1. The number of hydrogen-bond donors (Lipinski definition) is 4. The molecular weight excluding hydrogens is 522 g/mol. The zero-order valence-electron chi connectivity index (χ0n) is 22.5. The van der Waals surface area contributed by atoms with Crippen LogP contribution in [0.2, 0.25) is 0 Å². The lowest BCUT2D eigenvalue weighted by atomic mass is 10.00. The molecule has 0 saturated heterocycles. The number of carbonyl (C=O) groups is 1. The number of carbonyl (C=O) groups excluding carboxylic acids is 1. The van der Waals surface area contributed by atoms with Crippen LogP contribution < -0.4 is 20.2 Å². The molecule has 41 heavy (non-hydrogen) atoms. The van der Waals surface area contributed by atoms with Gasteiger partial charge in [-0.25, -0.2) is 4.98 Å². The smallest absolute Gasteiger partial charge is 0.264 e. The summed E-state index contributed by atoms with van der Waals surface area (Å²) in [6, 6.07) is 16.1. The zero-order chi connectivity index (χ0) is 28.9.